The standard InChI is InChI=1S/C24H27ClN2/c1-2-3-8-20-12-14-21(15-13-20)9-7-18-27(23-10-5-4-6-11-23)24-19-22(25)16-17-26-24/h4-6,10-17,19H,2-3,7-9,18H2,1H3. The van der Waals surface area contributed by atoms with Gasteiger partial charge in [0.15, 0.2) is 0 Å². The Balaban J connectivity index is 1.65. The molecular formula is C24H27ClN2. The molecule has 3 heteroatoms. The number of anilines is 2. The third-order valence-electron chi connectivity index (χ3n) is 4.74. The molecule has 0 saturated carbocycles. The second-order valence-electron chi connectivity index (χ2n) is 6.84. The lowest BCUT2D eigenvalue weighted by Gasteiger charge is -2.24. The van der Waals surface area contributed by atoms with Gasteiger partial charge in [0.05, 0.1) is 0 Å². The molecule has 0 aliphatic carbocycles. The highest BCUT2D eigenvalue weighted by atomic mass is 35.5. The summed E-state index contributed by atoms with van der Waals surface area (Å²) in [6.07, 6.45) is 7.56. The van der Waals surface area contributed by atoms with Gasteiger partial charge in [-0.15, -0.1) is 0 Å². The Bertz CT molecular complexity index is 815. The first-order valence-electron chi connectivity index (χ1n) is 9.78. The van der Waals surface area contributed by atoms with Gasteiger partial charge >= 0.3 is 0 Å². The molecule has 0 amide bonds. The maximum Gasteiger partial charge on any atom is 0.134 e. The fourth-order valence-corrected chi connectivity index (χ4v) is 3.37. The molecule has 0 unspecified atom stereocenters. The number of hydrogen-bond donors (Lipinski definition) is 0. The lowest BCUT2D eigenvalue weighted by atomic mass is 10.0. The molecule has 140 valence electrons. The van der Waals surface area contributed by atoms with Crippen LogP contribution < -0.4 is 4.90 Å². The number of nitrogens with zero attached hydrogens (tertiary/aromatic N) is 2. The van der Waals surface area contributed by atoms with Crippen LogP contribution in [0.25, 0.3) is 0 Å². The Morgan fingerprint density at radius 3 is 2.15 bits per heavy atom. The summed E-state index contributed by atoms with van der Waals surface area (Å²) in [5.41, 5.74) is 3.97. The largest absolute Gasteiger partial charge is 0.326 e. The lowest BCUT2D eigenvalue weighted by molar-refractivity contribution is 0.788. The minimum absolute atomic E-state index is 0.712. The van der Waals surface area contributed by atoms with Gasteiger partial charge < -0.3 is 4.90 Å². The van der Waals surface area contributed by atoms with E-state index in [1.807, 2.05) is 18.2 Å². The summed E-state index contributed by atoms with van der Waals surface area (Å²) in [5.74, 6) is 0.892. The highest BCUT2D eigenvalue weighted by Gasteiger charge is 2.11. The van der Waals surface area contributed by atoms with Crippen LogP contribution in [0.3, 0.4) is 0 Å². The van der Waals surface area contributed by atoms with Gasteiger partial charge in [0, 0.05) is 23.5 Å². The van der Waals surface area contributed by atoms with E-state index >= 15 is 0 Å². The van der Waals surface area contributed by atoms with E-state index in [1.54, 1.807) is 6.20 Å². The Kier molecular flexibility index (Phi) is 7.29. The van der Waals surface area contributed by atoms with Gasteiger partial charge in [-0.1, -0.05) is 67.4 Å². The van der Waals surface area contributed by atoms with Crippen molar-refractivity contribution in [1.82, 2.24) is 4.98 Å². The fourth-order valence-electron chi connectivity index (χ4n) is 3.22. The molecule has 0 fully saturated rings. The number of aryl methyl sites for hydroxylation is 2. The molecule has 0 radical (unpaired) electrons. The summed E-state index contributed by atoms with van der Waals surface area (Å²) in [7, 11) is 0. The van der Waals surface area contributed by atoms with E-state index in [9.17, 15) is 0 Å². The zero-order chi connectivity index (χ0) is 18.9. The van der Waals surface area contributed by atoms with Gasteiger partial charge in [-0.25, -0.2) is 4.98 Å². The highest BCUT2D eigenvalue weighted by Crippen LogP contribution is 2.25. The van der Waals surface area contributed by atoms with Gasteiger partial charge in [0.2, 0.25) is 0 Å². The first-order chi connectivity index (χ1) is 13.3. The Hall–Kier alpha value is -2.32. The van der Waals surface area contributed by atoms with Crippen LogP contribution in [0.4, 0.5) is 11.5 Å². The number of rotatable bonds is 9. The molecule has 0 saturated heterocycles. The van der Waals surface area contributed by atoms with E-state index in [2.05, 4.69) is 65.3 Å². The molecule has 2 nitrogen and oxygen atoms in total. The van der Waals surface area contributed by atoms with E-state index in [0.29, 0.717) is 5.02 Å². The molecule has 3 aromatic rings. The average molecular weight is 379 g/mol. The van der Waals surface area contributed by atoms with Gasteiger partial charge in [0.25, 0.3) is 0 Å². The molecule has 0 N–H and O–H groups in total. The van der Waals surface area contributed by atoms with Crippen molar-refractivity contribution in [2.75, 3.05) is 11.4 Å². The average Bonchev–Trinajstić information content (AvgIpc) is 2.71. The topological polar surface area (TPSA) is 16.1 Å². The second-order valence-corrected chi connectivity index (χ2v) is 7.28. The highest BCUT2D eigenvalue weighted by molar-refractivity contribution is 6.30. The van der Waals surface area contributed by atoms with Crippen LogP contribution >= 0.6 is 11.6 Å². The van der Waals surface area contributed by atoms with Gasteiger partial charge in [-0.2, -0.15) is 0 Å². The minimum atomic E-state index is 0.712. The predicted octanol–water partition coefficient (Wildman–Crippen LogP) is 6.85. The molecule has 1 aromatic heterocycles. The number of aromatic nitrogens is 1. The molecule has 0 atom stereocenters. The molecule has 27 heavy (non-hydrogen) atoms. The zero-order valence-corrected chi connectivity index (χ0v) is 16.7. The normalized spacial score (nSPS) is 10.7. The number of unbranched alkanes of at least 4 members (excludes halogenated alkanes) is 1. The minimum Gasteiger partial charge on any atom is -0.326 e. The number of hydrogen-bond acceptors (Lipinski definition) is 2. The Labute approximate surface area is 167 Å². The molecule has 0 aliphatic heterocycles. The van der Waals surface area contributed by atoms with E-state index in [-0.39, 0.29) is 0 Å². The first kappa shape index (κ1) is 19.4. The predicted molar refractivity (Wildman–Crippen MR) is 116 cm³/mol. The van der Waals surface area contributed by atoms with Crippen molar-refractivity contribution in [1.29, 1.82) is 0 Å². The van der Waals surface area contributed by atoms with Gasteiger partial charge in [-0.3, -0.25) is 0 Å². The summed E-state index contributed by atoms with van der Waals surface area (Å²) in [5, 5.41) is 0.712. The Morgan fingerprint density at radius 1 is 0.852 bits per heavy atom. The Morgan fingerprint density at radius 2 is 1.52 bits per heavy atom. The summed E-state index contributed by atoms with van der Waals surface area (Å²) >= 11 is 6.19. The number of benzene rings is 2. The van der Waals surface area contributed by atoms with Crippen LogP contribution in [0.2, 0.25) is 5.02 Å². The lowest BCUT2D eigenvalue weighted by Crippen LogP contribution is -2.20. The number of halogens is 1. The third kappa shape index (κ3) is 5.83. The van der Waals surface area contributed by atoms with Crippen molar-refractivity contribution < 1.29 is 0 Å². The summed E-state index contributed by atoms with van der Waals surface area (Å²) in [6, 6.07) is 23.2. The van der Waals surface area contributed by atoms with Gasteiger partial charge in [0.1, 0.15) is 5.82 Å². The molecular weight excluding hydrogens is 352 g/mol. The third-order valence-corrected chi connectivity index (χ3v) is 4.98. The van der Waals surface area contributed by atoms with Crippen molar-refractivity contribution in [3.8, 4) is 0 Å². The summed E-state index contributed by atoms with van der Waals surface area (Å²) in [6.45, 7) is 3.14. The van der Waals surface area contributed by atoms with Crippen LogP contribution in [-0.2, 0) is 12.8 Å². The quantitative estimate of drug-likeness (QED) is 0.404. The summed E-state index contributed by atoms with van der Waals surface area (Å²) in [4.78, 5) is 6.76. The number of para-hydroxylation sites is 1. The van der Waals surface area contributed by atoms with Crippen LogP contribution in [-0.4, -0.2) is 11.5 Å². The van der Waals surface area contributed by atoms with Crippen molar-refractivity contribution in [2.45, 2.75) is 39.0 Å². The van der Waals surface area contributed by atoms with Crippen LogP contribution in [0.5, 0.6) is 0 Å². The molecule has 1 heterocycles. The first-order valence-corrected chi connectivity index (χ1v) is 10.2. The van der Waals surface area contributed by atoms with Crippen molar-refractivity contribution in [3.63, 3.8) is 0 Å². The van der Waals surface area contributed by atoms with Crippen molar-refractivity contribution in [2.24, 2.45) is 0 Å². The maximum absolute atomic E-state index is 6.19. The van der Waals surface area contributed by atoms with Gasteiger partial charge in [-0.05, 0) is 61.1 Å². The van der Waals surface area contributed by atoms with Crippen LogP contribution in [0.1, 0.15) is 37.3 Å². The fraction of sp³-hybridized carbons (Fsp3) is 0.292. The van der Waals surface area contributed by atoms with E-state index in [4.69, 9.17) is 11.6 Å². The van der Waals surface area contributed by atoms with Crippen molar-refractivity contribution in [3.05, 3.63) is 89.1 Å². The van der Waals surface area contributed by atoms with Crippen LogP contribution in [0, 0.1) is 0 Å². The number of pyridine rings is 1. The molecule has 2 aromatic carbocycles. The van der Waals surface area contributed by atoms with Crippen LogP contribution in [0.15, 0.2) is 72.9 Å². The maximum atomic E-state index is 6.19. The van der Waals surface area contributed by atoms with E-state index < -0.39 is 0 Å². The van der Waals surface area contributed by atoms with E-state index in [1.165, 1.54) is 30.4 Å². The van der Waals surface area contributed by atoms with Crippen molar-refractivity contribution >= 4 is 23.1 Å². The summed E-state index contributed by atoms with van der Waals surface area (Å²) < 4.78 is 0. The smallest absolute Gasteiger partial charge is 0.134 e. The molecule has 0 bridgehead atoms. The van der Waals surface area contributed by atoms with E-state index in [0.717, 1.165) is 30.9 Å². The second kappa shape index (κ2) is 10.1. The molecule has 3 rings (SSSR count). The SMILES string of the molecule is CCCCc1ccc(CCCN(c2ccccc2)c2cc(Cl)ccn2)cc1. The zero-order valence-electron chi connectivity index (χ0n) is 15.9. The molecule has 0 spiro atoms. The molecule has 0 aliphatic rings. The monoisotopic (exact) mass is 378 g/mol.